The molecule has 0 amide bonds. The van der Waals surface area contributed by atoms with Crippen LogP contribution in [0.1, 0.15) is 5.56 Å². The van der Waals surface area contributed by atoms with Crippen molar-refractivity contribution in [2.75, 3.05) is 0 Å². The Labute approximate surface area is 185 Å². The largest absolute Gasteiger partial charge is 0.333 e. The van der Waals surface area contributed by atoms with Crippen molar-refractivity contribution >= 4 is 70.5 Å². The van der Waals surface area contributed by atoms with Gasteiger partial charge in [0, 0.05) is 26.5 Å². The molecule has 0 unspecified atom stereocenters. The topological polar surface area (TPSA) is 67.8 Å². The number of hydrogen-bond acceptors (Lipinski definition) is 5. The highest BCUT2D eigenvalue weighted by molar-refractivity contribution is 9.10. The number of rotatable bonds is 2. The number of thiophene rings is 2. The van der Waals surface area contributed by atoms with E-state index < -0.39 is 5.69 Å². The van der Waals surface area contributed by atoms with E-state index in [1.165, 1.54) is 27.2 Å². The number of halogens is 2. The fraction of sp³-hybridized carbons (Fsp3) is 0.0500. The van der Waals surface area contributed by atoms with Crippen molar-refractivity contribution in [2.24, 2.45) is 0 Å². The average molecular weight is 505 g/mol. The predicted octanol–water partition coefficient (Wildman–Crippen LogP) is 5.74. The van der Waals surface area contributed by atoms with Gasteiger partial charge in [0.15, 0.2) is 0 Å². The van der Waals surface area contributed by atoms with E-state index in [1.54, 1.807) is 24.5 Å². The first kappa shape index (κ1) is 18.7. The summed E-state index contributed by atoms with van der Waals surface area (Å²) in [7, 11) is 0. The summed E-state index contributed by atoms with van der Waals surface area (Å²) in [6.45, 7) is 1.96. The highest BCUT2D eigenvalue weighted by Crippen LogP contribution is 2.40. The third-order valence-electron chi connectivity index (χ3n) is 4.67. The summed E-state index contributed by atoms with van der Waals surface area (Å²) in [4.78, 5) is 34.0. The third-order valence-corrected chi connectivity index (χ3v) is 7.82. The van der Waals surface area contributed by atoms with E-state index in [1.807, 2.05) is 24.4 Å². The molecule has 144 valence electrons. The van der Waals surface area contributed by atoms with Crippen LogP contribution in [0.4, 0.5) is 0 Å². The molecule has 5 aromatic rings. The molecule has 0 radical (unpaired) electrons. The molecule has 0 fully saturated rings. The van der Waals surface area contributed by atoms with E-state index in [-0.39, 0.29) is 5.56 Å². The second kappa shape index (κ2) is 6.91. The molecule has 0 spiro atoms. The number of hydrogen-bond donors (Lipinski definition) is 1. The van der Waals surface area contributed by atoms with Crippen molar-refractivity contribution in [1.82, 2.24) is 14.5 Å². The smallest absolute Gasteiger partial charge is 0.306 e. The number of nitrogens with one attached hydrogen (secondary N) is 1. The number of fused-ring (bicyclic) bond motifs is 2. The zero-order valence-electron chi connectivity index (χ0n) is 14.8. The highest BCUT2D eigenvalue weighted by atomic mass is 79.9. The SMILES string of the molecule is Cc1csc2cncc(-n3c(=O)[nH]c4cc(-c5c(Cl)cccc5Br)sc4c3=O)c12. The van der Waals surface area contributed by atoms with Crippen LogP contribution in [0.2, 0.25) is 5.02 Å². The van der Waals surface area contributed by atoms with E-state index in [4.69, 9.17) is 11.6 Å². The lowest BCUT2D eigenvalue weighted by Crippen LogP contribution is -2.33. The quantitative estimate of drug-likeness (QED) is 0.333. The Morgan fingerprint density at radius 3 is 2.86 bits per heavy atom. The van der Waals surface area contributed by atoms with Crippen LogP contribution in [-0.4, -0.2) is 14.5 Å². The molecule has 4 aromatic heterocycles. The van der Waals surface area contributed by atoms with Gasteiger partial charge in [-0.25, -0.2) is 9.36 Å². The van der Waals surface area contributed by atoms with Crippen molar-refractivity contribution in [2.45, 2.75) is 6.92 Å². The van der Waals surface area contributed by atoms with E-state index in [0.29, 0.717) is 20.9 Å². The summed E-state index contributed by atoms with van der Waals surface area (Å²) in [5, 5.41) is 3.42. The molecule has 0 aliphatic carbocycles. The second-order valence-corrected chi connectivity index (χ2v) is 9.70. The van der Waals surface area contributed by atoms with E-state index in [9.17, 15) is 9.59 Å². The van der Waals surface area contributed by atoms with Gasteiger partial charge in [0.05, 0.1) is 27.1 Å². The molecule has 9 heteroatoms. The van der Waals surface area contributed by atoms with Crippen LogP contribution in [-0.2, 0) is 0 Å². The monoisotopic (exact) mass is 503 g/mol. The van der Waals surface area contributed by atoms with Crippen LogP contribution < -0.4 is 11.2 Å². The van der Waals surface area contributed by atoms with Crippen LogP contribution >= 0.6 is 50.2 Å². The summed E-state index contributed by atoms with van der Waals surface area (Å²) in [5.74, 6) is 0. The minimum atomic E-state index is -0.495. The average Bonchev–Trinajstić information content (AvgIpc) is 3.26. The molecule has 4 heterocycles. The zero-order chi connectivity index (χ0) is 20.3. The number of H-pyrrole nitrogens is 1. The number of aromatic nitrogens is 3. The summed E-state index contributed by atoms with van der Waals surface area (Å²) in [6, 6.07) is 7.31. The van der Waals surface area contributed by atoms with Crippen molar-refractivity contribution in [3.8, 4) is 16.1 Å². The molecular weight excluding hydrogens is 494 g/mol. The maximum absolute atomic E-state index is 13.3. The zero-order valence-corrected chi connectivity index (χ0v) is 18.8. The Bertz CT molecular complexity index is 1530. The molecule has 0 atom stereocenters. The molecule has 0 saturated carbocycles. The molecule has 29 heavy (non-hydrogen) atoms. The maximum atomic E-state index is 13.3. The van der Waals surface area contributed by atoms with E-state index >= 15 is 0 Å². The molecule has 5 nitrogen and oxygen atoms in total. The third kappa shape index (κ3) is 2.90. The number of pyridine rings is 1. The van der Waals surface area contributed by atoms with Crippen molar-refractivity contribution in [1.29, 1.82) is 0 Å². The van der Waals surface area contributed by atoms with Crippen LogP contribution in [0.3, 0.4) is 0 Å². The van der Waals surface area contributed by atoms with Gasteiger partial charge in [-0.15, -0.1) is 22.7 Å². The highest BCUT2D eigenvalue weighted by Gasteiger charge is 2.18. The Morgan fingerprint density at radius 2 is 2.07 bits per heavy atom. The van der Waals surface area contributed by atoms with Crippen molar-refractivity contribution in [3.05, 3.63) is 77.9 Å². The van der Waals surface area contributed by atoms with Crippen molar-refractivity contribution in [3.63, 3.8) is 0 Å². The Hall–Kier alpha value is -2.26. The van der Waals surface area contributed by atoms with Gasteiger partial charge in [0.2, 0.25) is 0 Å². The molecule has 0 bridgehead atoms. The number of nitrogens with zero attached hydrogens (tertiary/aromatic N) is 2. The van der Waals surface area contributed by atoms with Gasteiger partial charge in [-0.1, -0.05) is 33.6 Å². The summed E-state index contributed by atoms with van der Waals surface area (Å²) in [5.41, 5.74) is 1.90. The van der Waals surface area contributed by atoms with Crippen LogP contribution in [0.15, 0.2) is 56.1 Å². The summed E-state index contributed by atoms with van der Waals surface area (Å²) < 4.78 is 3.37. The minimum Gasteiger partial charge on any atom is -0.306 e. The fourth-order valence-electron chi connectivity index (χ4n) is 3.38. The Morgan fingerprint density at radius 1 is 1.24 bits per heavy atom. The Balaban J connectivity index is 1.83. The lowest BCUT2D eigenvalue weighted by atomic mass is 10.2. The number of aromatic amines is 1. The molecule has 5 rings (SSSR count). The first-order valence-electron chi connectivity index (χ1n) is 8.51. The molecule has 0 aliphatic heterocycles. The van der Waals surface area contributed by atoms with Gasteiger partial charge in [-0.3, -0.25) is 9.78 Å². The van der Waals surface area contributed by atoms with E-state index in [0.717, 1.165) is 30.6 Å². The molecular formula is C20H11BrClN3O2S2. The molecule has 0 aliphatic rings. The predicted molar refractivity (Wildman–Crippen MR) is 124 cm³/mol. The summed E-state index contributed by atoms with van der Waals surface area (Å²) >= 11 is 12.7. The van der Waals surface area contributed by atoms with E-state index in [2.05, 4.69) is 25.9 Å². The molecule has 1 aromatic carbocycles. The van der Waals surface area contributed by atoms with Gasteiger partial charge in [0.1, 0.15) is 4.70 Å². The minimum absolute atomic E-state index is 0.372. The van der Waals surface area contributed by atoms with Gasteiger partial charge in [-0.05, 0) is 36.1 Å². The lowest BCUT2D eigenvalue weighted by molar-refractivity contribution is 0.905. The number of aryl methyl sites for hydroxylation is 1. The first-order chi connectivity index (χ1) is 14.0. The normalized spacial score (nSPS) is 11.6. The van der Waals surface area contributed by atoms with Gasteiger partial charge < -0.3 is 4.98 Å². The standard InChI is InChI=1S/C20H11BrClN3O2S2/c1-9-8-28-15-7-23-6-13(16(9)15)25-19(26)18-12(24-20(25)27)5-14(29-18)17-10(21)3-2-4-11(17)22/h2-8H,1H3,(H,24,27). The van der Waals surface area contributed by atoms with Crippen LogP contribution in [0, 0.1) is 6.92 Å². The lowest BCUT2D eigenvalue weighted by Gasteiger charge is -2.06. The molecule has 0 saturated heterocycles. The first-order valence-corrected chi connectivity index (χ1v) is 11.4. The van der Waals surface area contributed by atoms with Crippen LogP contribution in [0.5, 0.6) is 0 Å². The van der Waals surface area contributed by atoms with Gasteiger partial charge in [0.25, 0.3) is 5.56 Å². The number of benzene rings is 1. The van der Waals surface area contributed by atoms with Gasteiger partial charge >= 0.3 is 5.69 Å². The summed E-state index contributed by atoms with van der Waals surface area (Å²) in [6.07, 6.45) is 3.30. The van der Waals surface area contributed by atoms with Gasteiger partial charge in [-0.2, -0.15) is 0 Å². The fourth-order valence-corrected chi connectivity index (χ4v) is 6.58. The second-order valence-electron chi connectivity index (χ2n) is 6.47. The molecule has 1 N–H and O–H groups in total. The van der Waals surface area contributed by atoms with Crippen molar-refractivity contribution < 1.29 is 0 Å². The van der Waals surface area contributed by atoms with Crippen LogP contribution in [0.25, 0.3) is 36.4 Å². The maximum Gasteiger partial charge on any atom is 0.333 e. The Kier molecular flexibility index (Phi) is 4.47.